The molecule has 1 amide bonds. The van der Waals surface area contributed by atoms with Crippen molar-refractivity contribution >= 4 is 6.09 Å². The second-order valence-electron chi connectivity index (χ2n) is 4.47. The first-order chi connectivity index (χ1) is 8.65. The molecular formula is C12H18N4O2. The Morgan fingerprint density at radius 3 is 2.83 bits per heavy atom. The Labute approximate surface area is 106 Å². The molecule has 0 unspecified atom stereocenters. The van der Waals surface area contributed by atoms with E-state index in [1.807, 2.05) is 12.1 Å². The summed E-state index contributed by atoms with van der Waals surface area (Å²) in [4.78, 5) is 19.4. The van der Waals surface area contributed by atoms with Crippen molar-refractivity contribution in [2.75, 3.05) is 33.2 Å². The van der Waals surface area contributed by atoms with Crippen LogP contribution in [0.25, 0.3) is 0 Å². The summed E-state index contributed by atoms with van der Waals surface area (Å²) in [5, 5.41) is 0. The number of pyridine rings is 1. The number of hydrogen-bond donors (Lipinski definition) is 1. The number of likely N-dealkylation sites (N-methyl/N-ethyl adjacent to an activating group) is 1. The van der Waals surface area contributed by atoms with Gasteiger partial charge in [0.05, 0.1) is 0 Å². The zero-order valence-electron chi connectivity index (χ0n) is 10.5. The van der Waals surface area contributed by atoms with Crippen molar-refractivity contribution in [1.82, 2.24) is 14.8 Å². The van der Waals surface area contributed by atoms with E-state index in [1.165, 1.54) is 0 Å². The van der Waals surface area contributed by atoms with Crippen LogP contribution >= 0.6 is 0 Å². The predicted octanol–water partition coefficient (Wildman–Crippen LogP) is 0.286. The molecule has 18 heavy (non-hydrogen) atoms. The van der Waals surface area contributed by atoms with Gasteiger partial charge in [-0.15, -0.1) is 0 Å². The molecule has 0 aliphatic carbocycles. The van der Waals surface area contributed by atoms with Gasteiger partial charge in [-0.1, -0.05) is 6.07 Å². The van der Waals surface area contributed by atoms with Crippen molar-refractivity contribution in [2.24, 2.45) is 5.73 Å². The number of carbonyl (C=O) groups is 1. The molecule has 1 aromatic heterocycles. The molecule has 2 heterocycles. The van der Waals surface area contributed by atoms with Crippen LogP contribution in [-0.2, 0) is 6.54 Å². The lowest BCUT2D eigenvalue weighted by molar-refractivity contribution is 0.146. The molecule has 1 fully saturated rings. The SMILES string of the molecule is CN1CCN(Cc2cccnc2OC(N)=O)CC1. The summed E-state index contributed by atoms with van der Waals surface area (Å²) >= 11 is 0. The van der Waals surface area contributed by atoms with Crippen molar-refractivity contribution in [3.63, 3.8) is 0 Å². The summed E-state index contributed by atoms with van der Waals surface area (Å²) in [7, 11) is 2.11. The molecule has 6 nitrogen and oxygen atoms in total. The van der Waals surface area contributed by atoms with Gasteiger partial charge < -0.3 is 15.4 Å². The Kier molecular flexibility index (Phi) is 4.11. The van der Waals surface area contributed by atoms with E-state index in [0.29, 0.717) is 5.88 Å². The molecule has 2 N–H and O–H groups in total. The zero-order chi connectivity index (χ0) is 13.0. The predicted molar refractivity (Wildman–Crippen MR) is 67.2 cm³/mol. The van der Waals surface area contributed by atoms with Gasteiger partial charge in [0.2, 0.25) is 5.88 Å². The number of primary amides is 1. The van der Waals surface area contributed by atoms with Gasteiger partial charge >= 0.3 is 6.09 Å². The molecule has 0 aromatic carbocycles. The first-order valence-corrected chi connectivity index (χ1v) is 5.97. The van der Waals surface area contributed by atoms with Crippen LogP contribution in [-0.4, -0.2) is 54.1 Å². The highest BCUT2D eigenvalue weighted by Gasteiger charge is 2.16. The summed E-state index contributed by atoms with van der Waals surface area (Å²) in [6.45, 7) is 4.83. The third kappa shape index (κ3) is 3.41. The summed E-state index contributed by atoms with van der Waals surface area (Å²) < 4.78 is 4.90. The maximum atomic E-state index is 10.8. The number of aromatic nitrogens is 1. The Hall–Kier alpha value is -1.66. The van der Waals surface area contributed by atoms with Crippen molar-refractivity contribution in [2.45, 2.75) is 6.54 Å². The van der Waals surface area contributed by atoms with E-state index in [9.17, 15) is 4.79 Å². The molecular weight excluding hydrogens is 232 g/mol. The largest absolute Gasteiger partial charge is 0.411 e. The average molecular weight is 250 g/mol. The normalized spacial score (nSPS) is 17.6. The molecule has 0 atom stereocenters. The Balaban J connectivity index is 2.02. The standard InChI is InChI=1S/C12H18N4O2/c1-15-5-7-16(8-6-15)9-10-3-2-4-14-11(10)18-12(13)17/h2-4H,5-9H2,1H3,(H2,13,17). The first-order valence-electron chi connectivity index (χ1n) is 5.97. The topological polar surface area (TPSA) is 71.7 Å². The fourth-order valence-corrected chi connectivity index (χ4v) is 1.98. The van der Waals surface area contributed by atoms with Gasteiger partial charge in [0.1, 0.15) is 0 Å². The Bertz CT molecular complexity index is 416. The lowest BCUT2D eigenvalue weighted by atomic mass is 10.2. The van der Waals surface area contributed by atoms with Crippen LogP contribution in [0.3, 0.4) is 0 Å². The number of piperazine rings is 1. The molecule has 1 saturated heterocycles. The molecule has 2 rings (SSSR count). The average Bonchev–Trinajstić information content (AvgIpc) is 2.34. The van der Waals surface area contributed by atoms with Crippen LogP contribution in [0.2, 0.25) is 0 Å². The second kappa shape index (κ2) is 5.79. The van der Waals surface area contributed by atoms with E-state index in [2.05, 4.69) is 21.8 Å². The fraction of sp³-hybridized carbons (Fsp3) is 0.500. The fourth-order valence-electron chi connectivity index (χ4n) is 1.98. The number of carbonyl (C=O) groups excluding carboxylic acids is 1. The smallest absolute Gasteiger partial charge is 0.391 e. The zero-order valence-corrected chi connectivity index (χ0v) is 10.5. The van der Waals surface area contributed by atoms with Crippen LogP contribution < -0.4 is 10.5 Å². The monoisotopic (exact) mass is 250 g/mol. The summed E-state index contributed by atoms with van der Waals surface area (Å²) in [5.74, 6) is 0.309. The highest BCUT2D eigenvalue weighted by atomic mass is 16.6. The van der Waals surface area contributed by atoms with Gasteiger partial charge in [-0.25, -0.2) is 9.78 Å². The minimum absolute atomic E-state index is 0.309. The van der Waals surface area contributed by atoms with E-state index >= 15 is 0 Å². The lowest BCUT2D eigenvalue weighted by Crippen LogP contribution is -2.43. The summed E-state index contributed by atoms with van der Waals surface area (Å²) in [6.07, 6.45) is 0.763. The number of nitrogens with two attached hydrogens (primary N) is 1. The van der Waals surface area contributed by atoms with Crippen molar-refractivity contribution in [1.29, 1.82) is 0 Å². The minimum Gasteiger partial charge on any atom is -0.391 e. The van der Waals surface area contributed by atoms with E-state index < -0.39 is 6.09 Å². The molecule has 6 heteroatoms. The maximum Gasteiger partial charge on any atom is 0.411 e. The van der Waals surface area contributed by atoms with E-state index in [-0.39, 0.29) is 0 Å². The molecule has 0 saturated carbocycles. The molecule has 1 aliphatic rings. The number of nitrogens with zero attached hydrogens (tertiary/aromatic N) is 3. The van der Waals surface area contributed by atoms with Crippen molar-refractivity contribution in [3.05, 3.63) is 23.9 Å². The third-order valence-electron chi connectivity index (χ3n) is 3.04. The van der Waals surface area contributed by atoms with E-state index in [1.54, 1.807) is 6.20 Å². The number of rotatable bonds is 3. The van der Waals surface area contributed by atoms with E-state index in [4.69, 9.17) is 10.5 Å². The van der Waals surface area contributed by atoms with Gasteiger partial charge in [-0.2, -0.15) is 0 Å². The van der Waals surface area contributed by atoms with Gasteiger partial charge in [0.15, 0.2) is 0 Å². The Morgan fingerprint density at radius 1 is 1.44 bits per heavy atom. The molecule has 1 aliphatic heterocycles. The molecule has 1 aromatic rings. The van der Waals surface area contributed by atoms with Gasteiger partial charge in [-0.05, 0) is 13.1 Å². The molecule has 98 valence electrons. The quantitative estimate of drug-likeness (QED) is 0.834. The second-order valence-corrected chi connectivity index (χ2v) is 4.47. The lowest BCUT2D eigenvalue weighted by Gasteiger charge is -2.32. The van der Waals surface area contributed by atoms with Crippen LogP contribution in [0.4, 0.5) is 4.79 Å². The third-order valence-corrected chi connectivity index (χ3v) is 3.04. The summed E-state index contributed by atoms with van der Waals surface area (Å²) in [6, 6.07) is 3.74. The van der Waals surface area contributed by atoms with Crippen LogP contribution in [0.1, 0.15) is 5.56 Å². The van der Waals surface area contributed by atoms with Crippen molar-refractivity contribution in [3.8, 4) is 5.88 Å². The molecule has 0 radical (unpaired) electrons. The number of hydrogen-bond acceptors (Lipinski definition) is 5. The van der Waals surface area contributed by atoms with Gasteiger partial charge in [0, 0.05) is 44.5 Å². The highest BCUT2D eigenvalue weighted by Crippen LogP contribution is 2.17. The van der Waals surface area contributed by atoms with Crippen LogP contribution in [0.5, 0.6) is 5.88 Å². The highest BCUT2D eigenvalue weighted by molar-refractivity contribution is 5.67. The Morgan fingerprint density at radius 2 is 2.17 bits per heavy atom. The number of ether oxygens (including phenoxy) is 1. The maximum absolute atomic E-state index is 10.8. The van der Waals surface area contributed by atoms with Crippen molar-refractivity contribution < 1.29 is 9.53 Å². The molecule has 0 bridgehead atoms. The van der Waals surface area contributed by atoms with Crippen LogP contribution in [0.15, 0.2) is 18.3 Å². The minimum atomic E-state index is -0.826. The van der Waals surface area contributed by atoms with E-state index in [0.717, 1.165) is 38.3 Å². The number of amides is 1. The first kappa shape index (κ1) is 12.8. The summed E-state index contributed by atoms with van der Waals surface area (Å²) in [5.41, 5.74) is 5.91. The van der Waals surface area contributed by atoms with Gasteiger partial charge in [-0.3, -0.25) is 4.90 Å². The van der Waals surface area contributed by atoms with Crippen LogP contribution in [0, 0.1) is 0 Å². The van der Waals surface area contributed by atoms with Gasteiger partial charge in [0.25, 0.3) is 0 Å². The molecule has 0 spiro atoms.